The maximum atomic E-state index is 11.9. The normalized spacial score (nSPS) is 10.4. The predicted molar refractivity (Wildman–Crippen MR) is 86.8 cm³/mol. The van der Waals surface area contributed by atoms with Gasteiger partial charge in [0, 0.05) is 11.9 Å². The number of hydrogen-bond acceptors (Lipinski definition) is 3. The van der Waals surface area contributed by atoms with E-state index in [1.165, 1.54) is 5.56 Å². The average Bonchev–Trinajstić information content (AvgIpc) is 2.47. The van der Waals surface area contributed by atoms with Crippen LogP contribution in [0.1, 0.15) is 30.9 Å². The highest BCUT2D eigenvalue weighted by Crippen LogP contribution is 2.17. The van der Waals surface area contributed by atoms with Crippen molar-refractivity contribution in [3.63, 3.8) is 0 Å². The second-order valence-electron chi connectivity index (χ2n) is 5.40. The third-order valence-electron chi connectivity index (χ3n) is 3.20. The van der Waals surface area contributed by atoms with Crippen molar-refractivity contribution in [3.05, 3.63) is 53.7 Å². The summed E-state index contributed by atoms with van der Waals surface area (Å²) in [4.78, 5) is 27.7. The van der Waals surface area contributed by atoms with Crippen molar-refractivity contribution in [1.29, 1.82) is 0 Å². The highest BCUT2D eigenvalue weighted by Gasteiger charge is 2.14. The SMILES string of the molecule is Cc1ccnc(NC(=O)C(=O)Nc2ccc(C(C)C)cc2)c1. The number of nitrogens with one attached hydrogen (secondary N) is 2. The molecule has 2 N–H and O–H groups in total. The standard InChI is InChI=1S/C17H19N3O2/c1-11(2)13-4-6-14(7-5-13)19-16(21)17(22)20-15-10-12(3)8-9-18-15/h4-11H,1-3H3,(H,19,21)(H,18,20,22). The Morgan fingerprint density at radius 3 is 2.23 bits per heavy atom. The first-order valence-electron chi connectivity index (χ1n) is 7.10. The van der Waals surface area contributed by atoms with Crippen LogP contribution in [0.15, 0.2) is 42.6 Å². The van der Waals surface area contributed by atoms with Gasteiger partial charge in [-0.3, -0.25) is 9.59 Å². The fraction of sp³-hybridized carbons (Fsp3) is 0.235. The summed E-state index contributed by atoms with van der Waals surface area (Å²) in [7, 11) is 0. The van der Waals surface area contributed by atoms with Gasteiger partial charge in [0.05, 0.1) is 0 Å². The molecule has 0 radical (unpaired) electrons. The molecule has 2 aromatic rings. The van der Waals surface area contributed by atoms with Crippen molar-refractivity contribution in [2.45, 2.75) is 26.7 Å². The van der Waals surface area contributed by atoms with Gasteiger partial charge in [-0.15, -0.1) is 0 Å². The number of amides is 2. The largest absolute Gasteiger partial charge is 0.318 e. The van der Waals surface area contributed by atoms with Crippen molar-refractivity contribution >= 4 is 23.3 Å². The van der Waals surface area contributed by atoms with Gasteiger partial charge in [-0.05, 0) is 48.2 Å². The van der Waals surface area contributed by atoms with Crippen molar-refractivity contribution in [3.8, 4) is 0 Å². The number of carbonyl (C=O) groups is 2. The molecule has 0 saturated carbocycles. The molecule has 5 nitrogen and oxygen atoms in total. The topological polar surface area (TPSA) is 71.1 Å². The summed E-state index contributed by atoms with van der Waals surface area (Å²) < 4.78 is 0. The fourth-order valence-corrected chi connectivity index (χ4v) is 1.92. The van der Waals surface area contributed by atoms with Crippen LogP contribution in [0.5, 0.6) is 0 Å². The van der Waals surface area contributed by atoms with Crippen molar-refractivity contribution in [2.75, 3.05) is 10.6 Å². The van der Waals surface area contributed by atoms with Crippen molar-refractivity contribution in [2.24, 2.45) is 0 Å². The number of anilines is 2. The van der Waals surface area contributed by atoms with Crippen LogP contribution in [0.25, 0.3) is 0 Å². The number of aryl methyl sites for hydroxylation is 1. The molecule has 2 rings (SSSR count). The van der Waals surface area contributed by atoms with Crippen LogP contribution in [0.4, 0.5) is 11.5 Å². The average molecular weight is 297 g/mol. The number of hydrogen-bond donors (Lipinski definition) is 2. The number of rotatable bonds is 3. The minimum atomic E-state index is -0.744. The number of benzene rings is 1. The lowest BCUT2D eigenvalue weighted by molar-refractivity contribution is -0.133. The smallest absolute Gasteiger partial charge is 0.315 e. The van der Waals surface area contributed by atoms with Crippen molar-refractivity contribution in [1.82, 2.24) is 4.98 Å². The lowest BCUT2D eigenvalue weighted by Gasteiger charge is -2.08. The highest BCUT2D eigenvalue weighted by molar-refractivity contribution is 6.43. The van der Waals surface area contributed by atoms with E-state index in [0.29, 0.717) is 17.4 Å². The van der Waals surface area contributed by atoms with E-state index in [4.69, 9.17) is 0 Å². The Bertz CT molecular complexity index is 679. The lowest BCUT2D eigenvalue weighted by Crippen LogP contribution is -2.29. The van der Waals surface area contributed by atoms with Gasteiger partial charge >= 0.3 is 11.8 Å². The van der Waals surface area contributed by atoms with Crippen LogP contribution in [-0.2, 0) is 9.59 Å². The quantitative estimate of drug-likeness (QED) is 0.855. The van der Waals surface area contributed by atoms with Gasteiger partial charge in [0.1, 0.15) is 5.82 Å². The van der Waals surface area contributed by atoms with E-state index in [2.05, 4.69) is 29.5 Å². The van der Waals surface area contributed by atoms with Gasteiger partial charge in [-0.2, -0.15) is 0 Å². The summed E-state index contributed by atoms with van der Waals surface area (Å²) in [6.07, 6.45) is 1.58. The van der Waals surface area contributed by atoms with Crippen LogP contribution >= 0.6 is 0 Å². The van der Waals surface area contributed by atoms with Crippen molar-refractivity contribution < 1.29 is 9.59 Å². The molecule has 0 spiro atoms. The molecule has 0 bridgehead atoms. The molecule has 0 saturated heterocycles. The summed E-state index contributed by atoms with van der Waals surface area (Å²) >= 11 is 0. The predicted octanol–water partition coefficient (Wildman–Crippen LogP) is 3.09. The molecule has 5 heteroatoms. The van der Waals surface area contributed by atoms with Gasteiger partial charge < -0.3 is 10.6 Å². The minimum Gasteiger partial charge on any atom is -0.318 e. The van der Waals surface area contributed by atoms with Crippen LogP contribution in [0.3, 0.4) is 0 Å². The molecule has 1 aromatic heterocycles. The Hall–Kier alpha value is -2.69. The molecule has 0 aliphatic heterocycles. The zero-order valence-electron chi connectivity index (χ0n) is 12.9. The fourth-order valence-electron chi connectivity index (χ4n) is 1.92. The van der Waals surface area contributed by atoms with E-state index in [9.17, 15) is 9.59 Å². The first-order chi connectivity index (χ1) is 10.5. The first kappa shape index (κ1) is 15.7. The van der Waals surface area contributed by atoms with Gasteiger partial charge in [-0.1, -0.05) is 26.0 Å². The molecule has 2 amide bonds. The molecule has 0 aliphatic carbocycles. The molecular formula is C17H19N3O2. The van der Waals surface area contributed by atoms with Gasteiger partial charge in [0.2, 0.25) is 0 Å². The monoisotopic (exact) mass is 297 g/mol. The highest BCUT2D eigenvalue weighted by atomic mass is 16.2. The summed E-state index contributed by atoms with van der Waals surface area (Å²) in [5.41, 5.74) is 2.71. The minimum absolute atomic E-state index is 0.357. The van der Waals surface area contributed by atoms with Gasteiger partial charge in [-0.25, -0.2) is 4.98 Å². The Kier molecular flexibility index (Phi) is 4.88. The molecule has 0 unspecified atom stereocenters. The van der Waals surface area contributed by atoms with E-state index >= 15 is 0 Å². The molecule has 0 fully saturated rings. The molecule has 0 aliphatic rings. The Morgan fingerprint density at radius 1 is 1.00 bits per heavy atom. The first-order valence-corrected chi connectivity index (χ1v) is 7.10. The van der Waals surface area contributed by atoms with Crippen LogP contribution in [-0.4, -0.2) is 16.8 Å². The maximum absolute atomic E-state index is 11.9. The van der Waals surface area contributed by atoms with E-state index in [1.54, 1.807) is 24.4 Å². The van der Waals surface area contributed by atoms with Crippen LogP contribution in [0.2, 0.25) is 0 Å². The molecular weight excluding hydrogens is 278 g/mol. The third kappa shape index (κ3) is 4.15. The Balaban J connectivity index is 1.98. The molecule has 22 heavy (non-hydrogen) atoms. The summed E-state index contributed by atoms with van der Waals surface area (Å²) in [6.45, 7) is 6.07. The van der Waals surface area contributed by atoms with E-state index in [1.807, 2.05) is 25.1 Å². The van der Waals surface area contributed by atoms with Crippen LogP contribution < -0.4 is 10.6 Å². The number of carbonyl (C=O) groups excluding carboxylic acids is 2. The molecule has 0 atom stereocenters. The zero-order valence-corrected chi connectivity index (χ0v) is 12.9. The van der Waals surface area contributed by atoms with Crippen LogP contribution in [0, 0.1) is 6.92 Å². The lowest BCUT2D eigenvalue weighted by atomic mass is 10.0. The number of aromatic nitrogens is 1. The Morgan fingerprint density at radius 2 is 1.64 bits per heavy atom. The van der Waals surface area contributed by atoms with E-state index in [0.717, 1.165) is 5.56 Å². The number of nitrogens with zero attached hydrogens (tertiary/aromatic N) is 1. The maximum Gasteiger partial charge on any atom is 0.315 e. The second-order valence-corrected chi connectivity index (χ2v) is 5.40. The molecule has 114 valence electrons. The Labute approximate surface area is 129 Å². The third-order valence-corrected chi connectivity index (χ3v) is 3.20. The molecule has 1 heterocycles. The number of pyridine rings is 1. The molecule has 1 aromatic carbocycles. The van der Waals surface area contributed by atoms with E-state index in [-0.39, 0.29) is 0 Å². The zero-order chi connectivity index (χ0) is 16.1. The summed E-state index contributed by atoms with van der Waals surface area (Å²) in [5.74, 6) is -0.692. The van der Waals surface area contributed by atoms with Gasteiger partial charge in [0.25, 0.3) is 0 Å². The summed E-state index contributed by atoms with van der Waals surface area (Å²) in [5, 5.41) is 5.03. The van der Waals surface area contributed by atoms with Gasteiger partial charge in [0.15, 0.2) is 0 Å². The second kappa shape index (κ2) is 6.85. The van der Waals surface area contributed by atoms with E-state index < -0.39 is 11.8 Å². The summed E-state index contributed by atoms with van der Waals surface area (Å²) in [6, 6.07) is 10.9.